The third kappa shape index (κ3) is 4.70. The van der Waals surface area contributed by atoms with Crippen molar-refractivity contribution in [1.82, 2.24) is 0 Å². The van der Waals surface area contributed by atoms with Gasteiger partial charge in [0.25, 0.3) is 5.91 Å². The standard InChI is InChI=1S/C21H20FN3O4/c1-2-29-21(27)15-4-6-19(25-7-9-28-10-8-25)18(12-15)24-20(26)16-5-3-14(13-23)11-17(16)22/h3-6,11-12H,2,7-10H2,1H3,(H,24,26). The molecule has 0 aliphatic carbocycles. The number of hydrogen-bond donors (Lipinski definition) is 1. The average Bonchev–Trinajstić information content (AvgIpc) is 2.74. The van der Waals surface area contributed by atoms with Crippen LogP contribution < -0.4 is 10.2 Å². The summed E-state index contributed by atoms with van der Waals surface area (Å²) in [6, 6.07) is 10.3. The van der Waals surface area contributed by atoms with Gasteiger partial charge in [-0.05, 0) is 43.3 Å². The van der Waals surface area contributed by atoms with Crippen LogP contribution in [0.1, 0.15) is 33.2 Å². The number of ether oxygens (including phenoxy) is 2. The summed E-state index contributed by atoms with van der Waals surface area (Å²) in [7, 11) is 0. The number of esters is 1. The first-order valence-corrected chi connectivity index (χ1v) is 9.18. The van der Waals surface area contributed by atoms with E-state index in [-0.39, 0.29) is 23.3 Å². The zero-order chi connectivity index (χ0) is 20.8. The lowest BCUT2D eigenvalue weighted by molar-refractivity contribution is 0.0526. The van der Waals surface area contributed by atoms with Crippen molar-refractivity contribution in [3.05, 3.63) is 58.9 Å². The van der Waals surface area contributed by atoms with Gasteiger partial charge >= 0.3 is 5.97 Å². The van der Waals surface area contributed by atoms with Gasteiger partial charge in [0.05, 0.1) is 54.0 Å². The average molecular weight is 397 g/mol. The quantitative estimate of drug-likeness (QED) is 0.780. The second kappa shape index (κ2) is 9.17. The largest absolute Gasteiger partial charge is 0.462 e. The molecule has 0 saturated carbocycles. The van der Waals surface area contributed by atoms with Crippen LogP contribution in [-0.2, 0) is 9.47 Å². The van der Waals surface area contributed by atoms with Crippen LogP contribution in [0.15, 0.2) is 36.4 Å². The lowest BCUT2D eigenvalue weighted by Gasteiger charge is -2.30. The molecule has 0 radical (unpaired) electrons. The summed E-state index contributed by atoms with van der Waals surface area (Å²) in [5.41, 5.74) is 1.27. The van der Waals surface area contributed by atoms with Crippen LogP contribution in [0.5, 0.6) is 0 Å². The first-order valence-electron chi connectivity index (χ1n) is 9.18. The molecule has 0 aromatic heterocycles. The van der Waals surface area contributed by atoms with Gasteiger partial charge in [-0.3, -0.25) is 4.79 Å². The first kappa shape index (κ1) is 20.3. The van der Waals surface area contributed by atoms with Crippen LogP contribution in [0.2, 0.25) is 0 Å². The summed E-state index contributed by atoms with van der Waals surface area (Å²) in [4.78, 5) is 26.8. The van der Waals surface area contributed by atoms with Gasteiger partial charge in [0, 0.05) is 13.1 Å². The number of carbonyl (C=O) groups is 2. The van der Waals surface area contributed by atoms with Crippen LogP contribution >= 0.6 is 0 Å². The molecule has 1 amide bonds. The van der Waals surface area contributed by atoms with Gasteiger partial charge in [-0.1, -0.05) is 0 Å². The molecule has 8 heteroatoms. The van der Waals surface area contributed by atoms with Crippen molar-refractivity contribution in [2.75, 3.05) is 43.1 Å². The van der Waals surface area contributed by atoms with Crippen LogP contribution in [0, 0.1) is 17.1 Å². The number of nitrogens with zero attached hydrogens (tertiary/aromatic N) is 2. The molecule has 2 aromatic rings. The van der Waals surface area contributed by atoms with Crippen molar-refractivity contribution in [3.8, 4) is 6.07 Å². The molecule has 1 N–H and O–H groups in total. The van der Waals surface area contributed by atoms with E-state index in [0.717, 1.165) is 6.07 Å². The molecular formula is C21H20FN3O4. The van der Waals surface area contributed by atoms with E-state index in [0.29, 0.717) is 37.7 Å². The van der Waals surface area contributed by atoms with Crippen LogP contribution in [0.25, 0.3) is 0 Å². The third-order valence-corrected chi connectivity index (χ3v) is 4.45. The Morgan fingerprint density at radius 3 is 2.66 bits per heavy atom. The number of halogens is 1. The smallest absolute Gasteiger partial charge is 0.338 e. The fourth-order valence-corrected chi connectivity index (χ4v) is 3.02. The van der Waals surface area contributed by atoms with Gasteiger partial charge in [-0.2, -0.15) is 5.26 Å². The number of benzene rings is 2. The number of morpholine rings is 1. The van der Waals surface area contributed by atoms with Gasteiger partial charge < -0.3 is 19.7 Å². The Balaban J connectivity index is 1.94. The minimum absolute atomic E-state index is 0.123. The SMILES string of the molecule is CCOC(=O)c1ccc(N2CCOCC2)c(NC(=O)c2ccc(C#N)cc2F)c1. The van der Waals surface area contributed by atoms with Crippen molar-refractivity contribution >= 4 is 23.3 Å². The summed E-state index contributed by atoms with van der Waals surface area (Å²) < 4.78 is 24.6. The first-order chi connectivity index (χ1) is 14.0. The Labute approximate surface area is 167 Å². The van der Waals surface area contributed by atoms with Crippen LogP contribution in [-0.4, -0.2) is 44.8 Å². The predicted octanol–water partition coefficient (Wildman–Crippen LogP) is 2.96. The number of nitrogens with one attached hydrogen (secondary N) is 1. The maximum Gasteiger partial charge on any atom is 0.338 e. The number of rotatable bonds is 5. The highest BCUT2D eigenvalue weighted by Crippen LogP contribution is 2.29. The lowest BCUT2D eigenvalue weighted by atomic mass is 10.1. The molecule has 0 atom stereocenters. The van der Waals surface area contributed by atoms with E-state index in [1.165, 1.54) is 18.2 Å². The van der Waals surface area contributed by atoms with E-state index in [2.05, 4.69) is 5.32 Å². The van der Waals surface area contributed by atoms with Gasteiger partial charge in [-0.25, -0.2) is 9.18 Å². The molecule has 0 spiro atoms. The highest BCUT2D eigenvalue weighted by atomic mass is 19.1. The highest BCUT2D eigenvalue weighted by Gasteiger charge is 2.20. The molecule has 1 heterocycles. The molecule has 1 aliphatic rings. The maximum atomic E-state index is 14.2. The molecule has 0 unspecified atom stereocenters. The van der Waals surface area contributed by atoms with E-state index < -0.39 is 17.7 Å². The number of carbonyl (C=O) groups excluding carboxylic acids is 2. The van der Waals surface area contributed by atoms with Crippen LogP contribution in [0.4, 0.5) is 15.8 Å². The van der Waals surface area contributed by atoms with E-state index in [9.17, 15) is 14.0 Å². The highest BCUT2D eigenvalue weighted by molar-refractivity contribution is 6.07. The monoisotopic (exact) mass is 397 g/mol. The molecule has 2 aromatic carbocycles. The van der Waals surface area contributed by atoms with Crippen molar-refractivity contribution < 1.29 is 23.5 Å². The fraction of sp³-hybridized carbons (Fsp3) is 0.286. The number of hydrogen-bond acceptors (Lipinski definition) is 6. The zero-order valence-corrected chi connectivity index (χ0v) is 15.9. The van der Waals surface area contributed by atoms with Crippen LogP contribution in [0.3, 0.4) is 0 Å². The minimum Gasteiger partial charge on any atom is -0.462 e. The number of anilines is 2. The number of amides is 1. The predicted molar refractivity (Wildman–Crippen MR) is 104 cm³/mol. The Morgan fingerprint density at radius 1 is 1.24 bits per heavy atom. The Morgan fingerprint density at radius 2 is 2.00 bits per heavy atom. The van der Waals surface area contributed by atoms with Crippen molar-refractivity contribution in [2.24, 2.45) is 0 Å². The lowest BCUT2D eigenvalue weighted by Crippen LogP contribution is -2.36. The van der Waals surface area contributed by atoms with Crippen molar-refractivity contribution in [2.45, 2.75) is 6.92 Å². The van der Waals surface area contributed by atoms with Gasteiger partial charge in [0.2, 0.25) is 0 Å². The molecule has 150 valence electrons. The Hall–Kier alpha value is -3.44. The van der Waals surface area contributed by atoms with E-state index in [1.807, 2.05) is 11.0 Å². The topological polar surface area (TPSA) is 91.7 Å². The third-order valence-electron chi connectivity index (χ3n) is 4.45. The molecule has 0 bridgehead atoms. The van der Waals surface area contributed by atoms with Crippen molar-refractivity contribution in [3.63, 3.8) is 0 Å². The summed E-state index contributed by atoms with van der Waals surface area (Å²) in [6.07, 6.45) is 0. The van der Waals surface area contributed by atoms with E-state index in [1.54, 1.807) is 19.1 Å². The molecule has 1 fully saturated rings. The van der Waals surface area contributed by atoms with Crippen molar-refractivity contribution in [1.29, 1.82) is 5.26 Å². The van der Waals surface area contributed by atoms with E-state index >= 15 is 0 Å². The fourth-order valence-electron chi connectivity index (χ4n) is 3.02. The normalized spacial score (nSPS) is 13.5. The summed E-state index contributed by atoms with van der Waals surface area (Å²) >= 11 is 0. The summed E-state index contributed by atoms with van der Waals surface area (Å²) in [5, 5.41) is 11.5. The second-order valence-corrected chi connectivity index (χ2v) is 6.31. The molecule has 1 saturated heterocycles. The maximum absolute atomic E-state index is 14.2. The molecule has 29 heavy (non-hydrogen) atoms. The van der Waals surface area contributed by atoms with Gasteiger partial charge in [0.15, 0.2) is 0 Å². The Bertz CT molecular complexity index is 965. The minimum atomic E-state index is -0.795. The Kier molecular flexibility index (Phi) is 6.42. The van der Waals surface area contributed by atoms with Gasteiger partial charge in [-0.15, -0.1) is 0 Å². The summed E-state index contributed by atoms with van der Waals surface area (Å²) in [5.74, 6) is -1.99. The molecular weight excluding hydrogens is 377 g/mol. The molecule has 7 nitrogen and oxygen atoms in total. The second-order valence-electron chi connectivity index (χ2n) is 6.31. The van der Waals surface area contributed by atoms with E-state index in [4.69, 9.17) is 14.7 Å². The molecule has 3 rings (SSSR count). The number of nitriles is 1. The summed E-state index contributed by atoms with van der Waals surface area (Å²) in [6.45, 7) is 4.24. The molecule has 1 aliphatic heterocycles. The zero-order valence-electron chi connectivity index (χ0n) is 15.9. The van der Waals surface area contributed by atoms with Gasteiger partial charge in [0.1, 0.15) is 5.82 Å².